The molecule has 2 nitrogen and oxygen atoms in total. The Bertz CT molecular complexity index is 198. The molecule has 0 aromatic heterocycles. The Morgan fingerprint density at radius 2 is 2.00 bits per heavy atom. The first kappa shape index (κ1) is 8.08. The largest absolute Gasteiger partial charge is 0.476 e. The maximum atomic E-state index is 5.58. The van der Waals surface area contributed by atoms with Gasteiger partial charge in [-0.3, -0.25) is 5.73 Å². The van der Waals surface area contributed by atoms with Gasteiger partial charge in [-0.2, -0.15) is 0 Å². The topological polar surface area (TPSA) is 35.2 Å². The van der Waals surface area contributed by atoms with Crippen LogP contribution in [0.25, 0.3) is 0 Å². The molecule has 0 amide bonds. The fourth-order valence-corrected chi connectivity index (χ4v) is 0.757. The zero-order chi connectivity index (χ0) is 8.10. The highest BCUT2D eigenvalue weighted by Crippen LogP contribution is 2.09. The van der Waals surface area contributed by atoms with Crippen LogP contribution in [0.2, 0.25) is 0 Å². The van der Waals surface area contributed by atoms with E-state index in [0.717, 1.165) is 12.2 Å². The van der Waals surface area contributed by atoms with Crippen molar-refractivity contribution in [1.82, 2.24) is 0 Å². The fraction of sp³-hybridized carbons (Fsp3) is 0.333. The van der Waals surface area contributed by atoms with E-state index < -0.39 is 0 Å². The van der Waals surface area contributed by atoms with Crippen molar-refractivity contribution < 1.29 is 4.74 Å². The molecule has 0 spiro atoms. The van der Waals surface area contributed by atoms with Crippen molar-refractivity contribution in [3.8, 4) is 5.75 Å². The summed E-state index contributed by atoms with van der Waals surface area (Å²) in [5, 5.41) is 0. The van der Waals surface area contributed by atoms with Gasteiger partial charge in [-0.1, -0.05) is 25.1 Å². The smallest absolute Gasteiger partial charge is 0.147 e. The van der Waals surface area contributed by atoms with Crippen molar-refractivity contribution in [2.24, 2.45) is 5.73 Å². The van der Waals surface area contributed by atoms with Gasteiger partial charge < -0.3 is 4.74 Å². The van der Waals surface area contributed by atoms with Crippen LogP contribution in [0.4, 0.5) is 0 Å². The third-order valence-electron chi connectivity index (χ3n) is 1.43. The van der Waals surface area contributed by atoms with E-state index in [1.165, 1.54) is 0 Å². The Hall–Kier alpha value is -1.02. The number of para-hydroxylation sites is 1. The summed E-state index contributed by atoms with van der Waals surface area (Å²) in [6.45, 7) is 1.99. The summed E-state index contributed by atoms with van der Waals surface area (Å²) in [4.78, 5) is 0. The summed E-state index contributed by atoms with van der Waals surface area (Å²) in [7, 11) is 0. The highest BCUT2D eigenvalue weighted by Gasteiger charge is 1.98. The number of nitrogens with two attached hydrogens (primary N) is 1. The number of rotatable bonds is 3. The molecule has 0 aliphatic heterocycles. The predicted molar refractivity (Wildman–Crippen MR) is 45.3 cm³/mol. The third kappa shape index (κ3) is 2.60. The van der Waals surface area contributed by atoms with E-state index in [9.17, 15) is 0 Å². The molecule has 2 heteroatoms. The number of hydrogen-bond acceptors (Lipinski definition) is 2. The highest BCUT2D eigenvalue weighted by atomic mass is 16.5. The SMILES string of the molecule is CCC(N)Oc1ccccc1. The van der Waals surface area contributed by atoms with Crippen molar-refractivity contribution in [3.63, 3.8) is 0 Å². The van der Waals surface area contributed by atoms with E-state index in [4.69, 9.17) is 10.5 Å². The Morgan fingerprint density at radius 3 is 2.55 bits per heavy atom. The highest BCUT2D eigenvalue weighted by molar-refractivity contribution is 5.21. The van der Waals surface area contributed by atoms with Gasteiger partial charge in [0.2, 0.25) is 0 Å². The fourth-order valence-electron chi connectivity index (χ4n) is 0.757. The Balaban J connectivity index is 2.51. The number of ether oxygens (including phenoxy) is 1. The lowest BCUT2D eigenvalue weighted by atomic mass is 10.3. The van der Waals surface area contributed by atoms with Gasteiger partial charge >= 0.3 is 0 Å². The number of hydrogen-bond donors (Lipinski definition) is 1. The van der Waals surface area contributed by atoms with E-state index in [1.54, 1.807) is 0 Å². The van der Waals surface area contributed by atoms with Gasteiger partial charge in [-0.15, -0.1) is 0 Å². The Labute approximate surface area is 67.0 Å². The van der Waals surface area contributed by atoms with Crippen LogP contribution in [-0.4, -0.2) is 6.23 Å². The molecule has 0 heterocycles. The molecule has 1 unspecified atom stereocenters. The summed E-state index contributed by atoms with van der Waals surface area (Å²) in [6, 6.07) is 9.60. The van der Waals surface area contributed by atoms with Crippen molar-refractivity contribution >= 4 is 0 Å². The summed E-state index contributed by atoms with van der Waals surface area (Å²) in [6.07, 6.45) is 0.645. The van der Waals surface area contributed by atoms with Gasteiger partial charge in [0.1, 0.15) is 12.0 Å². The van der Waals surface area contributed by atoms with Crippen molar-refractivity contribution in [3.05, 3.63) is 30.3 Å². The first-order chi connectivity index (χ1) is 5.33. The first-order valence-corrected chi connectivity index (χ1v) is 3.80. The first-order valence-electron chi connectivity index (χ1n) is 3.80. The van der Waals surface area contributed by atoms with Crippen molar-refractivity contribution in [1.29, 1.82) is 0 Å². The van der Waals surface area contributed by atoms with E-state index in [-0.39, 0.29) is 6.23 Å². The average Bonchev–Trinajstić information content (AvgIpc) is 2.06. The molecule has 0 fully saturated rings. The molecule has 0 aliphatic rings. The van der Waals surface area contributed by atoms with E-state index in [0.29, 0.717) is 0 Å². The van der Waals surface area contributed by atoms with Crippen LogP contribution < -0.4 is 10.5 Å². The van der Waals surface area contributed by atoms with Crippen LogP contribution in [0.5, 0.6) is 5.75 Å². The molecule has 1 atom stereocenters. The molecule has 60 valence electrons. The lowest BCUT2D eigenvalue weighted by molar-refractivity contribution is 0.205. The molecule has 1 rings (SSSR count). The van der Waals surface area contributed by atoms with Gasteiger partial charge in [0.15, 0.2) is 0 Å². The van der Waals surface area contributed by atoms with Crippen LogP contribution in [0.1, 0.15) is 13.3 Å². The third-order valence-corrected chi connectivity index (χ3v) is 1.43. The normalized spacial score (nSPS) is 12.5. The maximum Gasteiger partial charge on any atom is 0.147 e. The lowest BCUT2D eigenvalue weighted by Crippen LogP contribution is -2.25. The summed E-state index contributed by atoms with van der Waals surface area (Å²) >= 11 is 0. The zero-order valence-corrected chi connectivity index (χ0v) is 6.66. The van der Waals surface area contributed by atoms with Crippen LogP contribution in [0, 0.1) is 0 Å². The van der Waals surface area contributed by atoms with Gasteiger partial charge in [-0.05, 0) is 18.6 Å². The van der Waals surface area contributed by atoms with Crippen LogP contribution in [0.15, 0.2) is 30.3 Å². The summed E-state index contributed by atoms with van der Waals surface area (Å²) < 4.78 is 5.34. The molecule has 0 bridgehead atoms. The van der Waals surface area contributed by atoms with Gasteiger partial charge in [0, 0.05) is 0 Å². The molecular weight excluding hydrogens is 138 g/mol. The quantitative estimate of drug-likeness (QED) is 0.668. The maximum absolute atomic E-state index is 5.58. The lowest BCUT2D eigenvalue weighted by Gasteiger charge is -2.11. The molecule has 1 aromatic rings. The molecule has 0 saturated heterocycles. The van der Waals surface area contributed by atoms with Gasteiger partial charge in [0.25, 0.3) is 0 Å². The Kier molecular flexibility index (Phi) is 2.93. The van der Waals surface area contributed by atoms with Crippen LogP contribution in [-0.2, 0) is 0 Å². The second-order valence-corrected chi connectivity index (χ2v) is 2.38. The minimum Gasteiger partial charge on any atom is -0.476 e. The van der Waals surface area contributed by atoms with Crippen molar-refractivity contribution in [2.45, 2.75) is 19.6 Å². The second-order valence-electron chi connectivity index (χ2n) is 2.38. The van der Waals surface area contributed by atoms with Gasteiger partial charge in [-0.25, -0.2) is 0 Å². The molecule has 2 N–H and O–H groups in total. The van der Waals surface area contributed by atoms with E-state index in [2.05, 4.69) is 0 Å². The van der Waals surface area contributed by atoms with E-state index in [1.807, 2.05) is 37.3 Å². The van der Waals surface area contributed by atoms with E-state index >= 15 is 0 Å². The molecule has 0 radical (unpaired) electrons. The molecular formula is C9H13NO. The van der Waals surface area contributed by atoms with Gasteiger partial charge in [0.05, 0.1) is 0 Å². The molecule has 0 aliphatic carbocycles. The summed E-state index contributed by atoms with van der Waals surface area (Å²) in [5.74, 6) is 0.835. The monoisotopic (exact) mass is 151 g/mol. The van der Waals surface area contributed by atoms with Crippen LogP contribution in [0.3, 0.4) is 0 Å². The minimum atomic E-state index is -0.183. The molecule has 11 heavy (non-hydrogen) atoms. The van der Waals surface area contributed by atoms with Crippen LogP contribution >= 0.6 is 0 Å². The number of benzene rings is 1. The Morgan fingerprint density at radius 1 is 1.36 bits per heavy atom. The molecule has 0 saturated carbocycles. The molecule has 1 aromatic carbocycles. The minimum absolute atomic E-state index is 0.183. The average molecular weight is 151 g/mol. The standard InChI is InChI=1S/C9H13NO/c1-2-9(10)11-8-6-4-3-5-7-8/h3-7,9H,2,10H2,1H3. The zero-order valence-electron chi connectivity index (χ0n) is 6.66. The van der Waals surface area contributed by atoms with Crippen molar-refractivity contribution in [2.75, 3.05) is 0 Å². The summed E-state index contributed by atoms with van der Waals surface area (Å²) in [5.41, 5.74) is 5.58. The second kappa shape index (κ2) is 3.98. The predicted octanol–water partition coefficient (Wildman–Crippen LogP) is 1.76.